The van der Waals surface area contributed by atoms with E-state index in [0.717, 1.165) is 0 Å². The Kier molecular flexibility index (Phi) is 4.13. The average Bonchev–Trinajstić information content (AvgIpc) is 2.18. The molecule has 0 spiro atoms. The molecule has 0 heterocycles. The van der Waals surface area contributed by atoms with Crippen LogP contribution in [0, 0.1) is 5.82 Å². The van der Waals surface area contributed by atoms with Crippen molar-refractivity contribution in [3.63, 3.8) is 0 Å². The van der Waals surface area contributed by atoms with Crippen molar-refractivity contribution >= 4 is 23.2 Å². The summed E-state index contributed by atoms with van der Waals surface area (Å²) >= 11 is 11.5. The fourth-order valence-corrected chi connectivity index (χ4v) is 1.49. The van der Waals surface area contributed by atoms with Gasteiger partial charge in [0.2, 0.25) is 0 Å². The SMILES string of the molecule is NC(CO)Cc1c(F)ccc(Cl)c1Cl. The Morgan fingerprint density at radius 2 is 2.07 bits per heavy atom. The third kappa shape index (κ3) is 2.58. The van der Waals surface area contributed by atoms with Gasteiger partial charge in [-0.2, -0.15) is 0 Å². The summed E-state index contributed by atoms with van der Waals surface area (Å²) < 4.78 is 13.2. The maximum Gasteiger partial charge on any atom is 0.128 e. The van der Waals surface area contributed by atoms with E-state index in [1.54, 1.807) is 0 Å². The Bertz CT molecular complexity index is 333. The summed E-state index contributed by atoms with van der Waals surface area (Å²) in [5.41, 5.74) is 5.73. The fourth-order valence-electron chi connectivity index (χ4n) is 1.08. The van der Waals surface area contributed by atoms with Crippen molar-refractivity contribution < 1.29 is 9.50 Å². The number of hydrogen-bond donors (Lipinski definition) is 2. The number of benzene rings is 1. The second kappa shape index (κ2) is 4.94. The van der Waals surface area contributed by atoms with Gasteiger partial charge in [-0.1, -0.05) is 23.2 Å². The molecular formula is C9H10Cl2FNO. The van der Waals surface area contributed by atoms with Crippen molar-refractivity contribution in [2.75, 3.05) is 6.61 Å². The third-order valence-electron chi connectivity index (χ3n) is 1.84. The zero-order chi connectivity index (χ0) is 10.7. The molecule has 0 aliphatic carbocycles. The van der Waals surface area contributed by atoms with Crippen LogP contribution >= 0.6 is 23.2 Å². The van der Waals surface area contributed by atoms with Crippen LogP contribution in [0.25, 0.3) is 0 Å². The molecule has 0 aromatic heterocycles. The van der Waals surface area contributed by atoms with E-state index >= 15 is 0 Å². The van der Waals surface area contributed by atoms with Crippen LogP contribution in [0.1, 0.15) is 5.56 Å². The zero-order valence-electron chi connectivity index (χ0n) is 7.30. The first kappa shape index (κ1) is 11.7. The number of aliphatic hydroxyl groups excluding tert-OH is 1. The lowest BCUT2D eigenvalue weighted by Crippen LogP contribution is -2.27. The van der Waals surface area contributed by atoms with Crippen molar-refractivity contribution in [2.24, 2.45) is 5.73 Å². The molecule has 3 N–H and O–H groups in total. The molecule has 1 unspecified atom stereocenters. The molecule has 0 fully saturated rings. The van der Waals surface area contributed by atoms with E-state index in [2.05, 4.69) is 0 Å². The van der Waals surface area contributed by atoms with Crippen LogP contribution in [0.15, 0.2) is 12.1 Å². The van der Waals surface area contributed by atoms with Crippen LogP contribution in [0.3, 0.4) is 0 Å². The van der Waals surface area contributed by atoms with Gasteiger partial charge in [0.15, 0.2) is 0 Å². The van der Waals surface area contributed by atoms with Gasteiger partial charge in [0.25, 0.3) is 0 Å². The summed E-state index contributed by atoms with van der Waals surface area (Å²) in [7, 11) is 0. The van der Waals surface area contributed by atoms with Gasteiger partial charge in [0.05, 0.1) is 16.7 Å². The highest BCUT2D eigenvalue weighted by Crippen LogP contribution is 2.28. The lowest BCUT2D eigenvalue weighted by Gasteiger charge is -2.11. The van der Waals surface area contributed by atoms with Gasteiger partial charge < -0.3 is 10.8 Å². The fraction of sp³-hybridized carbons (Fsp3) is 0.333. The quantitative estimate of drug-likeness (QED) is 0.791. The normalized spacial score (nSPS) is 12.9. The standard InChI is InChI=1S/C9H10Cl2FNO/c10-7-1-2-8(12)6(9(7)11)3-5(13)4-14/h1-2,5,14H,3-4,13H2. The minimum atomic E-state index is -0.527. The Morgan fingerprint density at radius 3 is 2.64 bits per heavy atom. The molecule has 0 amide bonds. The molecule has 0 bridgehead atoms. The van der Waals surface area contributed by atoms with Gasteiger partial charge in [-0.3, -0.25) is 0 Å². The van der Waals surface area contributed by atoms with Gasteiger partial charge in [-0.25, -0.2) is 4.39 Å². The van der Waals surface area contributed by atoms with Crippen LogP contribution < -0.4 is 5.73 Å². The molecule has 1 aromatic rings. The highest BCUT2D eigenvalue weighted by molar-refractivity contribution is 6.42. The maximum atomic E-state index is 13.2. The average molecular weight is 238 g/mol. The summed E-state index contributed by atoms with van der Waals surface area (Å²) in [5, 5.41) is 9.17. The molecular weight excluding hydrogens is 228 g/mol. The predicted octanol–water partition coefficient (Wildman–Crippen LogP) is 1.99. The smallest absolute Gasteiger partial charge is 0.128 e. The summed E-state index contributed by atoms with van der Waals surface area (Å²) in [5.74, 6) is -0.455. The van der Waals surface area contributed by atoms with Crippen molar-refractivity contribution in [2.45, 2.75) is 12.5 Å². The molecule has 0 aliphatic heterocycles. The second-order valence-electron chi connectivity index (χ2n) is 2.97. The lowest BCUT2D eigenvalue weighted by atomic mass is 10.1. The van der Waals surface area contributed by atoms with Gasteiger partial charge >= 0.3 is 0 Å². The zero-order valence-corrected chi connectivity index (χ0v) is 8.82. The molecule has 0 aliphatic rings. The van der Waals surface area contributed by atoms with Gasteiger partial charge in [0, 0.05) is 11.6 Å². The van der Waals surface area contributed by atoms with Gasteiger partial charge in [-0.15, -0.1) is 0 Å². The molecule has 2 nitrogen and oxygen atoms in total. The van der Waals surface area contributed by atoms with E-state index in [1.165, 1.54) is 12.1 Å². The molecule has 0 saturated carbocycles. The Balaban J connectivity index is 3.00. The number of aliphatic hydroxyl groups is 1. The lowest BCUT2D eigenvalue weighted by molar-refractivity contribution is 0.264. The van der Waals surface area contributed by atoms with E-state index in [-0.39, 0.29) is 28.6 Å². The molecule has 1 rings (SSSR count). The van der Waals surface area contributed by atoms with Crippen molar-refractivity contribution in [1.29, 1.82) is 0 Å². The Labute approximate surface area is 91.4 Å². The molecule has 0 radical (unpaired) electrons. The Morgan fingerprint density at radius 1 is 1.43 bits per heavy atom. The van der Waals surface area contributed by atoms with Crippen molar-refractivity contribution in [1.82, 2.24) is 0 Å². The van der Waals surface area contributed by atoms with Crippen LogP contribution in [-0.2, 0) is 6.42 Å². The van der Waals surface area contributed by atoms with Gasteiger partial charge in [0.1, 0.15) is 5.82 Å². The summed E-state index contributed by atoms with van der Waals surface area (Å²) in [6.45, 7) is -0.220. The number of rotatable bonds is 3. The first-order valence-corrected chi connectivity index (χ1v) is 4.80. The molecule has 5 heteroatoms. The van der Waals surface area contributed by atoms with E-state index in [4.69, 9.17) is 34.0 Å². The highest BCUT2D eigenvalue weighted by atomic mass is 35.5. The van der Waals surface area contributed by atoms with Gasteiger partial charge in [-0.05, 0) is 18.6 Å². The minimum absolute atomic E-state index is 0.163. The monoisotopic (exact) mass is 237 g/mol. The second-order valence-corrected chi connectivity index (χ2v) is 3.75. The van der Waals surface area contributed by atoms with E-state index in [1.807, 2.05) is 0 Å². The first-order valence-electron chi connectivity index (χ1n) is 4.05. The largest absolute Gasteiger partial charge is 0.395 e. The molecule has 0 saturated heterocycles. The number of hydrogen-bond acceptors (Lipinski definition) is 2. The summed E-state index contributed by atoms with van der Waals surface area (Å²) in [6, 6.07) is 2.08. The molecule has 1 atom stereocenters. The summed E-state index contributed by atoms with van der Waals surface area (Å²) in [4.78, 5) is 0. The maximum absolute atomic E-state index is 13.2. The third-order valence-corrected chi connectivity index (χ3v) is 2.68. The Hall–Kier alpha value is -0.350. The van der Waals surface area contributed by atoms with Crippen molar-refractivity contribution in [3.05, 3.63) is 33.6 Å². The predicted molar refractivity (Wildman–Crippen MR) is 55.2 cm³/mol. The highest BCUT2D eigenvalue weighted by Gasteiger charge is 2.13. The van der Waals surface area contributed by atoms with Crippen LogP contribution in [0.5, 0.6) is 0 Å². The molecule has 14 heavy (non-hydrogen) atoms. The first-order chi connectivity index (χ1) is 6.56. The van der Waals surface area contributed by atoms with E-state index in [0.29, 0.717) is 0 Å². The van der Waals surface area contributed by atoms with E-state index < -0.39 is 11.9 Å². The molecule has 1 aromatic carbocycles. The van der Waals surface area contributed by atoms with E-state index in [9.17, 15) is 4.39 Å². The topological polar surface area (TPSA) is 46.2 Å². The van der Waals surface area contributed by atoms with Crippen molar-refractivity contribution in [3.8, 4) is 0 Å². The van der Waals surface area contributed by atoms with Crippen LogP contribution in [0.2, 0.25) is 10.0 Å². The van der Waals surface area contributed by atoms with Crippen LogP contribution in [-0.4, -0.2) is 17.8 Å². The number of nitrogens with two attached hydrogens (primary N) is 1. The number of halogens is 3. The summed E-state index contributed by atoms with van der Waals surface area (Å²) in [6.07, 6.45) is 0.168. The molecule has 78 valence electrons. The minimum Gasteiger partial charge on any atom is -0.395 e. The van der Waals surface area contributed by atoms with Crippen LogP contribution in [0.4, 0.5) is 4.39 Å².